The highest BCUT2D eigenvalue weighted by Gasteiger charge is 2.24. The van der Waals surface area contributed by atoms with Gasteiger partial charge in [-0.25, -0.2) is 0 Å². The van der Waals surface area contributed by atoms with Crippen molar-refractivity contribution in [3.63, 3.8) is 0 Å². The lowest BCUT2D eigenvalue weighted by Gasteiger charge is -2.34. The number of anilines is 3. The second kappa shape index (κ2) is 9.17. The van der Waals surface area contributed by atoms with Crippen LogP contribution in [0.2, 0.25) is 0 Å². The molecule has 2 amide bonds. The van der Waals surface area contributed by atoms with Crippen LogP contribution in [0.4, 0.5) is 17.1 Å². The number of carbonyl (C=O) groups is 2. The fourth-order valence-electron chi connectivity index (χ4n) is 4.21. The Bertz CT molecular complexity index is 892. The van der Waals surface area contributed by atoms with E-state index < -0.39 is 0 Å². The van der Waals surface area contributed by atoms with Gasteiger partial charge in [-0.2, -0.15) is 0 Å². The molecule has 2 aromatic rings. The lowest BCUT2D eigenvalue weighted by atomic mass is 10.2. The van der Waals surface area contributed by atoms with Gasteiger partial charge in [-0.05, 0) is 42.8 Å². The second-order valence-corrected chi connectivity index (χ2v) is 7.83. The molecule has 30 heavy (non-hydrogen) atoms. The van der Waals surface area contributed by atoms with Gasteiger partial charge >= 0.3 is 0 Å². The Morgan fingerprint density at radius 1 is 1.07 bits per heavy atom. The van der Waals surface area contributed by atoms with Gasteiger partial charge in [-0.3, -0.25) is 9.59 Å². The van der Waals surface area contributed by atoms with Crippen molar-refractivity contribution >= 4 is 28.9 Å². The van der Waals surface area contributed by atoms with Crippen molar-refractivity contribution in [3.8, 4) is 5.75 Å². The Balaban J connectivity index is 1.26. The number of carbonyl (C=O) groups excluding carboxylic acids is 2. The van der Waals surface area contributed by atoms with Gasteiger partial charge in [0.05, 0.1) is 39.0 Å². The van der Waals surface area contributed by atoms with Crippen molar-refractivity contribution in [2.45, 2.75) is 12.8 Å². The number of hydrogen-bond acceptors (Lipinski definition) is 4. The van der Waals surface area contributed by atoms with Gasteiger partial charge in [0.2, 0.25) is 5.91 Å². The number of amides is 2. The van der Waals surface area contributed by atoms with Crippen LogP contribution in [0.15, 0.2) is 48.5 Å². The van der Waals surface area contributed by atoms with Gasteiger partial charge in [0, 0.05) is 24.3 Å². The molecular weight excluding hydrogens is 380 g/mol. The molecule has 0 atom stereocenters. The monoisotopic (exact) mass is 409 g/mol. The molecule has 7 heteroatoms. The van der Waals surface area contributed by atoms with Crippen LogP contribution in [-0.2, 0) is 9.59 Å². The number of ether oxygens (including phenoxy) is 1. The third kappa shape index (κ3) is 4.57. The molecule has 2 aliphatic rings. The zero-order chi connectivity index (χ0) is 20.9. The quantitative estimate of drug-likeness (QED) is 0.752. The van der Waals surface area contributed by atoms with Crippen molar-refractivity contribution < 1.29 is 19.2 Å². The first kappa shape index (κ1) is 20.2. The van der Waals surface area contributed by atoms with Gasteiger partial charge in [0.15, 0.2) is 6.54 Å². The molecule has 0 spiro atoms. The van der Waals surface area contributed by atoms with E-state index in [9.17, 15) is 9.59 Å². The Morgan fingerprint density at radius 2 is 1.80 bits per heavy atom. The molecule has 2 N–H and O–H groups in total. The van der Waals surface area contributed by atoms with E-state index in [0.29, 0.717) is 13.0 Å². The summed E-state index contributed by atoms with van der Waals surface area (Å²) in [6.45, 7) is 4.81. The Hall–Kier alpha value is -3.06. The van der Waals surface area contributed by atoms with E-state index in [4.69, 9.17) is 4.74 Å². The predicted octanol–water partition coefficient (Wildman–Crippen LogP) is 1.17. The summed E-state index contributed by atoms with van der Waals surface area (Å²) in [6, 6.07) is 15.6. The first-order valence-electron chi connectivity index (χ1n) is 10.6. The van der Waals surface area contributed by atoms with Crippen molar-refractivity contribution in [2.24, 2.45) is 0 Å². The molecule has 0 saturated carbocycles. The summed E-state index contributed by atoms with van der Waals surface area (Å²) in [4.78, 5) is 29.7. The molecule has 7 nitrogen and oxygen atoms in total. The smallest absolute Gasteiger partial charge is 0.279 e. The number of quaternary nitrogens is 1. The Kier molecular flexibility index (Phi) is 6.18. The molecule has 158 valence electrons. The molecule has 2 aromatic carbocycles. The molecule has 0 aromatic heterocycles. The van der Waals surface area contributed by atoms with Crippen molar-refractivity contribution in [1.82, 2.24) is 0 Å². The van der Waals surface area contributed by atoms with E-state index in [1.54, 1.807) is 12.0 Å². The maximum absolute atomic E-state index is 12.5. The first-order chi connectivity index (χ1) is 14.6. The molecule has 2 fully saturated rings. The zero-order valence-electron chi connectivity index (χ0n) is 17.4. The summed E-state index contributed by atoms with van der Waals surface area (Å²) in [5.41, 5.74) is 2.77. The fraction of sp³-hybridized carbons (Fsp3) is 0.391. The number of piperazine rings is 1. The minimum absolute atomic E-state index is 0.0146. The molecule has 2 saturated heterocycles. The van der Waals surface area contributed by atoms with Crippen LogP contribution >= 0.6 is 0 Å². The standard InChI is InChI=1S/C23H28N4O3/c1-30-21-6-3-2-5-20(21)26-15-13-25(14-16-26)17-22(28)24-18-8-10-19(11-9-18)27-12-4-7-23(27)29/h2-3,5-6,8-11H,4,7,12-17H2,1H3,(H,24,28)/p+1. The highest BCUT2D eigenvalue weighted by atomic mass is 16.5. The van der Waals surface area contributed by atoms with Crippen molar-refractivity contribution in [1.29, 1.82) is 0 Å². The van der Waals surface area contributed by atoms with E-state index in [0.717, 1.165) is 62.0 Å². The summed E-state index contributed by atoms with van der Waals surface area (Å²) >= 11 is 0. The maximum Gasteiger partial charge on any atom is 0.279 e. The van der Waals surface area contributed by atoms with E-state index in [2.05, 4.69) is 16.3 Å². The lowest BCUT2D eigenvalue weighted by Crippen LogP contribution is -3.15. The second-order valence-electron chi connectivity index (χ2n) is 7.83. The van der Waals surface area contributed by atoms with Crippen LogP contribution < -0.4 is 24.8 Å². The normalized spacial score (nSPS) is 17.3. The Labute approximate surface area is 177 Å². The molecule has 2 heterocycles. The zero-order valence-corrected chi connectivity index (χ0v) is 17.4. The summed E-state index contributed by atoms with van der Waals surface area (Å²) in [5.74, 6) is 1.07. The lowest BCUT2D eigenvalue weighted by molar-refractivity contribution is -0.892. The van der Waals surface area contributed by atoms with Crippen molar-refractivity contribution in [2.75, 3.05) is 61.5 Å². The number of hydrogen-bond donors (Lipinski definition) is 2. The largest absolute Gasteiger partial charge is 0.495 e. The molecule has 0 unspecified atom stereocenters. The number of nitrogens with zero attached hydrogens (tertiary/aromatic N) is 2. The minimum atomic E-state index is 0.0146. The topological polar surface area (TPSA) is 66.3 Å². The van der Waals surface area contributed by atoms with Gasteiger partial charge < -0.3 is 24.8 Å². The molecular formula is C23H29N4O3+. The molecule has 2 aliphatic heterocycles. The number of methoxy groups -OCH3 is 1. The van der Waals surface area contributed by atoms with Gasteiger partial charge in [0.25, 0.3) is 5.91 Å². The highest BCUT2D eigenvalue weighted by molar-refractivity contribution is 5.96. The SMILES string of the molecule is COc1ccccc1N1CC[NH+](CC(=O)Nc2ccc(N3CCCC3=O)cc2)CC1. The summed E-state index contributed by atoms with van der Waals surface area (Å²) < 4.78 is 5.47. The third-order valence-electron chi connectivity index (χ3n) is 5.84. The van der Waals surface area contributed by atoms with Gasteiger partial charge in [0.1, 0.15) is 5.75 Å². The highest BCUT2D eigenvalue weighted by Crippen LogP contribution is 2.27. The van der Waals surface area contributed by atoms with E-state index in [-0.39, 0.29) is 11.8 Å². The first-order valence-corrected chi connectivity index (χ1v) is 10.6. The minimum Gasteiger partial charge on any atom is -0.495 e. The van der Waals surface area contributed by atoms with Crippen LogP contribution in [0.5, 0.6) is 5.75 Å². The van der Waals surface area contributed by atoms with E-state index in [1.807, 2.05) is 42.5 Å². The molecule has 0 bridgehead atoms. The van der Waals surface area contributed by atoms with Gasteiger partial charge in [-0.15, -0.1) is 0 Å². The fourth-order valence-corrected chi connectivity index (χ4v) is 4.21. The predicted molar refractivity (Wildman–Crippen MR) is 117 cm³/mol. The average Bonchev–Trinajstić information content (AvgIpc) is 3.20. The van der Waals surface area contributed by atoms with E-state index in [1.165, 1.54) is 4.90 Å². The molecule has 0 aliphatic carbocycles. The van der Waals surface area contributed by atoms with Crippen LogP contribution in [0.1, 0.15) is 12.8 Å². The van der Waals surface area contributed by atoms with Crippen LogP contribution in [0.25, 0.3) is 0 Å². The van der Waals surface area contributed by atoms with Gasteiger partial charge in [-0.1, -0.05) is 12.1 Å². The third-order valence-corrected chi connectivity index (χ3v) is 5.84. The molecule has 0 radical (unpaired) electrons. The van der Waals surface area contributed by atoms with Crippen LogP contribution in [0, 0.1) is 0 Å². The summed E-state index contributed by atoms with van der Waals surface area (Å²) in [7, 11) is 1.69. The maximum atomic E-state index is 12.5. The number of nitrogens with one attached hydrogen (secondary N) is 2. The van der Waals surface area contributed by atoms with E-state index >= 15 is 0 Å². The summed E-state index contributed by atoms with van der Waals surface area (Å²) in [5, 5.41) is 2.98. The number of para-hydroxylation sites is 2. The van der Waals surface area contributed by atoms with Crippen LogP contribution in [0.3, 0.4) is 0 Å². The summed E-state index contributed by atoms with van der Waals surface area (Å²) in [6.07, 6.45) is 1.52. The molecule has 4 rings (SSSR count). The number of rotatable bonds is 6. The van der Waals surface area contributed by atoms with Crippen LogP contribution in [-0.4, -0.2) is 58.2 Å². The number of benzene rings is 2. The Morgan fingerprint density at radius 3 is 2.47 bits per heavy atom. The van der Waals surface area contributed by atoms with Crippen molar-refractivity contribution in [3.05, 3.63) is 48.5 Å². The average molecular weight is 410 g/mol.